The van der Waals surface area contributed by atoms with E-state index in [4.69, 9.17) is 5.73 Å². The monoisotopic (exact) mass is 709 g/mol. The number of alkyl halides is 6. The third-order valence-electron chi connectivity index (χ3n) is 10.5. The maximum absolute atomic E-state index is 14.0. The van der Waals surface area contributed by atoms with Gasteiger partial charge in [-0.05, 0) is 93.3 Å². The highest BCUT2D eigenvalue weighted by Gasteiger charge is 2.42. The van der Waals surface area contributed by atoms with Gasteiger partial charge in [0.15, 0.2) is 0 Å². The van der Waals surface area contributed by atoms with Crippen molar-refractivity contribution in [3.05, 3.63) is 63.6 Å². The van der Waals surface area contributed by atoms with E-state index >= 15 is 0 Å². The molecule has 5 N–H and O–H groups in total. The molecular formula is C34H41F6N7O3. The molecule has 2 aromatic carbocycles. The van der Waals surface area contributed by atoms with Crippen LogP contribution < -0.4 is 22.1 Å². The predicted octanol–water partition coefficient (Wildman–Crippen LogP) is 5.15. The first-order chi connectivity index (χ1) is 23.7. The zero-order chi connectivity index (χ0) is 35.8. The summed E-state index contributed by atoms with van der Waals surface area (Å²) in [5.41, 5.74) is 1.31. The largest absolute Gasteiger partial charge is 0.418 e. The van der Waals surface area contributed by atoms with E-state index in [9.17, 15) is 40.7 Å². The second-order valence-electron chi connectivity index (χ2n) is 13.6. The fourth-order valence-corrected chi connectivity index (χ4v) is 7.87. The molecule has 3 amide bonds. The van der Waals surface area contributed by atoms with Crippen LogP contribution in [0.4, 0.5) is 36.8 Å². The Kier molecular flexibility index (Phi) is 10.1. The second kappa shape index (κ2) is 14.2. The van der Waals surface area contributed by atoms with Crippen molar-refractivity contribution >= 4 is 28.7 Å². The lowest BCUT2D eigenvalue weighted by Gasteiger charge is -2.39. The molecule has 0 saturated carbocycles. The van der Waals surface area contributed by atoms with E-state index < -0.39 is 59.1 Å². The molecule has 50 heavy (non-hydrogen) atoms. The Morgan fingerprint density at radius 1 is 0.840 bits per heavy atom. The number of rotatable bonds is 6. The first-order valence-corrected chi connectivity index (χ1v) is 17.0. The number of hydrogen-bond donors (Lipinski definition) is 4. The average molecular weight is 710 g/mol. The van der Waals surface area contributed by atoms with Gasteiger partial charge in [-0.1, -0.05) is 12.1 Å². The van der Waals surface area contributed by atoms with E-state index in [1.54, 1.807) is 15.5 Å². The highest BCUT2D eigenvalue weighted by molar-refractivity contribution is 5.87. The first kappa shape index (κ1) is 35.6. The highest BCUT2D eigenvalue weighted by atomic mass is 19.4. The molecule has 0 aliphatic carbocycles. The predicted molar refractivity (Wildman–Crippen MR) is 174 cm³/mol. The fourth-order valence-electron chi connectivity index (χ4n) is 7.87. The van der Waals surface area contributed by atoms with Crippen LogP contribution in [0.15, 0.2) is 41.2 Å². The number of halogens is 6. The molecule has 3 saturated heterocycles. The minimum atomic E-state index is -5.18. The van der Waals surface area contributed by atoms with E-state index in [1.807, 2.05) is 18.2 Å². The lowest BCUT2D eigenvalue weighted by atomic mass is 9.79. The zero-order valence-corrected chi connectivity index (χ0v) is 27.4. The number of carbonyl (C=O) groups is 2. The van der Waals surface area contributed by atoms with Gasteiger partial charge in [-0.2, -0.15) is 26.3 Å². The number of fused-ring (bicyclic) bond motifs is 1. The average Bonchev–Trinajstić information content (AvgIpc) is 3.43. The van der Waals surface area contributed by atoms with Crippen LogP contribution in [0.5, 0.6) is 0 Å². The number of H-pyrrole nitrogens is 1. The molecule has 0 radical (unpaired) electrons. The van der Waals surface area contributed by atoms with Crippen molar-refractivity contribution in [1.29, 1.82) is 0 Å². The van der Waals surface area contributed by atoms with Crippen molar-refractivity contribution in [3.8, 4) is 0 Å². The minimum Gasteiger partial charge on any atom is -0.398 e. The molecule has 3 aliphatic heterocycles. The lowest BCUT2D eigenvalue weighted by Crippen LogP contribution is -2.55. The summed E-state index contributed by atoms with van der Waals surface area (Å²) in [7, 11) is 0. The van der Waals surface area contributed by atoms with Crippen LogP contribution in [0, 0.1) is 11.8 Å². The number of nitrogens with two attached hydrogens (primary N) is 1. The first-order valence-electron chi connectivity index (χ1n) is 17.0. The van der Waals surface area contributed by atoms with Gasteiger partial charge in [-0.15, -0.1) is 0 Å². The van der Waals surface area contributed by atoms with Crippen LogP contribution in [-0.2, 0) is 23.6 Å². The van der Waals surface area contributed by atoms with Gasteiger partial charge in [0.1, 0.15) is 6.04 Å². The van der Waals surface area contributed by atoms with Gasteiger partial charge >= 0.3 is 24.1 Å². The van der Waals surface area contributed by atoms with Gasteiger partial charge < -0.3 is 31.2 Å². The summed E-state index contributed by atoms with van der Waals surface area (Å²) in [5, 5.41) is 5.99. The molecule has 6 rings (SSSR count). The molecule has 16 heteroatoms. The number of para-hydroxylation sites is 2. The number of amides is 3. The topological polar surface area (TPSA) is 128 Å². The molecule has 0 bridgehead atoms. The summed E-state index contributed by atoms with van der Waals surface area (Å²) >= 11 is 0. The molecule has 3 aliphatic rings. The number of aromatic amines is 1. The van der Waals surface area contributed by atoms with Crippen molar-refractivity contribution in [2.24, 2.45) is 11.8 Å². The summed E-state index contributed by atoms with van der Waals surface area (Å²) in [4.78, 5) is 46.1. The van der Waals surface area contributed by atoms with Gasteiger partial charge in [-0.3, -0.25) is 9.36 Å². The van der Waals surface area contributed by atoms with E-state index in [1.165, 1.54) is 4.90 Å². The second-order valence-corrected chi connectivity index (χ2v) is 13.6. The molecule has 10 nitrogen and oxygen atoms in total. The Morgan fingerprint density at radius 2 is 1.40 bits per heavy atom. The Morgan fingerprint density at radius 3 is 2.00 bits per heavy atom. The van der Waals surface area contributed by atoms with Crippen LogP contribution in [0.2, 0.25) is 0 Å². The molecule has 3 fully saturated rings. The van der Waals surface area contributed by atoms with Crippen molar-refractivity contribution in [2.75, 3.05) is 45.0 Å². The van der Waals surface area contributed by atoms with Gasteiger partial charge in [0.2, 0.25) is 5.91 Å². The number of urea groups is 1. The fraction of sp³-hybridized carbons (Fsp3) is 0.559. The van der Waals surface area contributed by atoms with Crippen molar-refractivity contribution in [1.82, 2.24) is 30.0 Å². The number of anilines is 1. The maximum Gasteiger partial charge on any atom is 0.418 e. The summed E-state index contributed by atoms with van der Waals surface area (Å²) < 4.78 is 84.7. The Bertz CT molecular complexity index is 1710. The Labute approximate surface area is 284 Å². The quantitative estimate of drug-likeness (QED) is 0.208. The number of imidazole rings is 1. The maximum atomic E-state index is 14.0. The van der Waals surface area contributed by atoms with Crippen molar-refractivity contribution in [2.45, 2.75) is 69.4 Å². The SMILES string of the molecule is Nc1c(C(F)(F)F)cc(C[C@@H](NC(=O)N2CCC(n3c(=O)[nH]c4ccccc43)CC2)C(=O)N2CCC(C3CCNCC3)CC2)cc1C(F)(F)F. The smallest absolute Gasteiger partial charge is 0.398 e. The highest BCUT2D eigenvalue weighted by Crippen LogP contribution is 2.42. The zero-order valence-electron chi connectivity index (χ0n) is 27.4. The number of nitrogens with zero attached hydrogens (tertiary/aromatic N) is 3. The third kappa shape index (κ3) is 7.59. The van der Waals surface area contributed by atoms with Crippen LogP contribution in [-0.4, -0.2) is 76.6 Å². The number of hydrogen-bond acceptors (Lipinski definition) is 5. The number of aromatic nitrogens is 2. The van der Waals surface area contributed by atoms with Crippen LogP contribution in [0.3, 0.4) is 0 Å². The van der Waals surface area contributed by atoms with Gasteiger partial charge in [-0.25, -0.2) is 9.59 Å². The Balaban J connectivity index is 1.21. The summed E-state index contributed by atoms with van der Waals surface area (Å²) in [6.07, 6.45) is -6.64. The number of nitrogens with one attached hydrogen (secondary N) is 3. The summed E-state index contributed by atoms with van der Waals surface area (Å²) in [6, 6.07) is 5.97. The molecule has 3 aromatic rings. The molecule has 4 heterocycles. The molecule has 0 unspecified atom stereocenters. The summed E-state index contributed by atoms with van der Waals surface area (Å²) in [5.74, 6) is 0.352. The van der Waals surface area contributed by atoms with Gasteiger partial charge in [0.05, 0.1) is 27.8 Å². The number of benzene rings is 2. The van der Waals surface area contributed by atoms with E-state index in [0.717, 1.165) is 44.3 Å². The molecular weight excluding hydrogens is 668 g/mol. The molecule has 1 aromatic heterocycles. The van der Waals surface area contributed by atoms with Crippen molar-refractivity contribution < 1.29 is 35.9 Å². The summed E-state index contributed by atoms with van der Waals surface area (Å²) in [6.45, 7) is 3.01. The Hall–Kier alpha value is -4.21. The number of likely N-dealkylation sites (tertiary alicyclic amines) is 2. The normalized spacial score (nSPS) is 19.6. The molecule has 272 valence electrons. The van der Waals surface area contributed by atoms with E-state index in [0.29, 0.717) is 55.4 Å². The number of carbonyl (C=O) groups excluding carboxylic acids is 2. The van der Waals surface area contributed by atoms with Crippen molar-refractivity contribution in [3.63, 3.8) is 0 Å². The van der Waals surface area contributed by atoms with E-state index in [-0.39, 0.29) is 24.8 Å². The van der Waals surface area contributed by atoms with E-state index in [2.05, 4.69) is 15.6 Å². The standard InChI is InChI=1S/C34H41F6N7O3/c35-33(36,37)24-17-20(18-25(29(24)41)34(38,39)40)19-27(30(48)45-13-7-22(8-14-45)21-5-11-42-12-6-21)44-31(49)46-15-9-23(10-16-46)47-28-4-2-1-3-26(28)43-32(47)50/h1-4,17-18,21-23,27,42H,5-16,19,41H2,(H,43,50)(H,44,49)/t27-/m1/s1. The number of nitrogen functional groups attached to an aromatic ring is 1. The molecule has 1 atom stereocenters. The lowest BCUT2D eigenvalue weighted by molar-refractivity contribution is -0.141. The van der Waals surface area contributed by atoms with Crippen LogP contribution in [0.25, 0.3) is 11.0 Å². The minimum absolute atomic E-state index is 0.210. The van der Waals surface area contributed by atoms with Gasteiger partial charge in [0, 0.05) is 38.6 Å². The van der Waals surface area contributed by atoms with Crippen LogP contribution >= 0.6 is 0 Å². The van der Waals surface area contributed by atoms with Crippen LogP contribution in [0.1, 0.15) is 61.3 Å². The van der Waals surface area contributed by atoms with Gasteiger partial charge in [0.25, 0.3) is 0 Å². The number of piperidine rings is 3. The third-order valence-corrected chi connectivity index (χ3v) is 10.5. The molecule has 0 spiro atoms.